The molecule has 3 nitrogen and oxygen atoms in total. The Hall–Kier alpha value is -3.33. The summed E-state index contributed by atoms with van der Waals surface area (Å²) in [6.45, 7) is 2.48. The molecular weight excluding hydrogens is 372 g/mol. The zero-order valence-corrected chi connectivity index (χ0v) is 17.3. The van der Waals surface area contributed by atoms with E-state index in [9.17, 15) is 4.79 Å². The van der Waals surface area contributed by atoms with Crippen LogP contribution in [0.25, 0.3) is 32.7 Å². The van der Waals surface area contributed by atoms with E-state index in [2.05, 4.69) is 49.4 Å². The minimum Gasteiger partial charge on any atom is -0.481 e. The first-order chi connectivity index (χ1) is 14.8. The van der Waals surface area contributed by atoms with E-state index in [1.807, 2.05) is 36.4 Å². The van der Waals surface area contributed by atoms with Crippen molar-refractivity contribution in [2.24, 2.45) is 0 Å². The van der Waals surface area contributed by atoms with Crippen molar-refractivity contribution in [2.45, 2.75) is 26.2 Å². The fourth-order valence-corrected chi connectivity index (χ4v) is 3.81. The third kappa shape index (κ3) is 4.30. The van der Waals surface area contributed by atoms with Crippen molar-refractivity contribution in [3.05, 3.63) is 78.9 Å². The summed E-state index contributed by atoms with van der Waals surface area (Å²) in [4.78, 5) is 12.2. The summed E-state index contributed by atoms with van der Waals surface area (Å²) in [5.41, 5.74) is 2.10. The number of benzene rings is 4. The van der Waals surface area contributed by atoms with Gasteiger partial charge in [0.15, 0.2) is 6.61 Å². The molecule has 0 unspecified atom stereocenters. The lowest BCUT2D eigenvalue weighted by molar-refractivity contribution is -0.146. The number of rotatable bonds is 8. The monoisotopic (exact) mass is 398 g/mol. The highest BCUT2D eigenvalue weighted by atomic mass is 16.6. The molecule has 0 spiro atoms. The lowest BCUT2D eigenvalue weighted by Gasteiger charge is -2.16. The zero-order chi connectivity index (χ0) is 20.8. The molecule has 0 saturated carbocycles. The Morgan fingerprint density at radius 3 is 2.27 bits per heavy atom. The zero-order valence-electron chi connectivity index (χ0n) is 17.3. The highest BCUT2D eigenvalue weighted by molar-refractivity contribution is 6.07. The number of carbonyl (C=O) groups is 1. The van der Waals surface area contributed by atoms with Gasteiger partial charge >= 0.3 is 5.97 Å². The second-order valence-electron chi connectivity index (χ2n) is 7.40. The van der Waals surface area contributed by atoms with Crippen LogP contribution in [0.2, 0.25) is 0 Å². The molecule has 0 aliphatic rings. The minimum atomic E-state index is -0.330. The molecule has 3 heteroatoms. The van der Waals surface area contributed by atoms with Gasteiger partial charge in [-0.2, -0.15) is 0 Å². The van der Waals surface area contributed by atoms with Crippen molar-refractivity contribution in [1.29, 1.82) is 0 Å². The summed E-state index contributed by atoms with van der Waals surface area (Å²) in [6.07, 6.45) is 3.04. The molecular formula is C27H26O3. The standard InChI is InChI=1S/C27H26O3/c1-2-3-8-18-29-26(28)19-30-25-17-16-21-11-5-7-14-23(21)27(25)24-15-9-12-20-10-4-6-13-22(20)24/h4-7,9-17H,2-3,8,18-19H2,1H3. The lowest BCUT2D eigenvalue weighted by atomic mass is 9.93. The molecule has 0 atom stereocenters. The predicted molar refractivity (Wildman–Crippen MR) is 123 cm³/mol. The summed E-state index contributed by atoms with van der Waals surface area (Å²) in [5.74, 6) is 0.360. The third-order valence-corrected chi connectivity index (χ3v) is 5.31. The van der Waals surface area contributed by atoms with Gasteiger partial charge in [-0.25, -0.2) is 4.79 Å². The van der Waals surface area contributed by atoms with E-state index in [0.29, 0.717) is 12.4 Å². The molecule has 0 saturated heterocycles. The van der Waals surface area contributed by atoms with Gasteiger partial charge in [0.25, 0.3) is 0 Å². The Balaban J connectivity index is 1.70. The molecule has 30 heavy (non-hydrogen) atoms. The van der Waals surface area contributed by atoms with Gasteiger partial charge in [0.2, 0.25) is 0 Å². The molecule has 0 bridgehead atoms. The fourth-order valence-electron chi connectivity index (χ4n) is 3.81. The van der Waals surface area contributed by atoms with E-state index >= 15 is 0 Å². The van der Waals surface area contributed by atoms with Crippen LogP contribution in [-0.2, 0) is 9.53 Å². The van der Waals surface area contributed by atoms with Crippen LogP contribution in [0.15, 0.2) is 78.9 Å². The average Bonchev–Trinajstić information content (AvgIpc) is 2.80. The van der Waals surface area contributed by atoms with Crippen molar-refractivity contribution in [3.8, 4) is 16.9 Å². The van der Waals surface area contributed by atoms with Crippen LogP contribution in [0.1, 0.15) is 26.2 Å². The van der Waals surface area contributed by atoms with Gasteiger partial charge in [-0.15, -0.1) is 0 Å². The van der Waals surface area contributed by atoms with Gasteiger partial charge in [-0.05, 0) is 39.6 Å². The Bertz CT molecular complexity index is 1160. The molecule has 0 aliphatic heterocycles. The number of hydrogen-bond donors (Lipinski definition) is 0. The van der Waals surface area contributed by atoms with Crippen LogP contribution in [-0.4, -0.2) is 19.2 Å². The summed E-state index contributed by atoms with van der Waals surface area (Å²) in [5, 5.41) is 4.56. The van der Waals surface area contributed by atoms with Crippen LogP contribution >= 0.6 is 0 Å². The summed E-state index contributed by atoms with van der Waals surface area (Å²) in [6, 6.07) is 26.8. The summed E-state index contributed by atoms with van der Waals surface area (Å²) < 4.78 is 11.3. The number of fused-ring (bicyclic) bond motifs is 2. The number of hydrogen-bond acceptors (Lipinski definition) is 3. The van der Waals surface area contributed by atoms with Crippen molar-refractivity contribution in [2.75, 3.05) is 13.2 Å². The van der Waals surface area contributed by atoms with Crippen molar-refractivity contribution in [3.63, 3.8) is 0 Å². The topological polar surface area (TPSA) is 35.5 Å². The minimum absolute atomic E-state index is 0.0950. The van der Waals surface area contributed by atoms with Crippen LogP contribution in [0.3, 0.4) is 0 Å². The predicted octanol–water partition coefficient (Wildman–Crippen LogP) is 6.77. The van der Waals surface area contributed by atoms with E-state index in [0.717, 1.165) is 46.5 Å². The molecule has 152 valence electrons. The Morgan fingerprint density at radius 2 is 1.47 bits per heavy atom. The van der Waals surface area contributed by atoms with E-state index in [-0.39, 0.29) is 12.6 Å². The summed E-state index contributed by atoms with van der Waals surface area (Å²) in [7, 11) is 0. The molecule has 0 aliphatic carbocycles. The molecule has 0 N–H and O–H groups in total. The number of unbranched alkanes of at least 4 members (excludes halogenated alkanes) is 2. The quantitative estimate of drug-likeness (QED) is 0.243. The van der Waals surface area contributed by atoms with E-state index in [1.165, 1.54) is 5.39 Å². The van der Waals surface area contributed by atoms with Crippen molar-refractivity contribution >= 4 is 27.5 Å². The fraction of sp³-hybridized carbons (Fsp3) is 0.222. The van der Waals surface area contributed by atoms with Crippen LogP contribution in [0.4, 0.5) is 0 Å². The first-order valence-electron chi connectivity index (χ1n) is 10.6. The lowest BCUT2D eigenvalue weighted by Crippen LogP contribution is -2.15. The number of carbonyl (C=O) groups excluding carboxylic acids is 1. The molecule has 0 amide bonds. The van der Waals surface area contributed by atoms with Gasteiger partial charge in [0, 0.05) is 5.56 Å². The normalized spacial score (nSPS) is 11.0. The van der Waals surface area contributed by atoms with Gasteiger partial charge in [0.1, 0.15) is 5.75 Å². The van der Waals surface area contributed by atoms with Crippen molar-refractivity contribution in [1.82, 2.24) is 0 Å². The number of ether oxygens (including phenoxy) is 2. The van der Waals surface area contributed by atoms with Crippen LogP contribution in [0.5, 0.6) is 5.75 Å². The van der Waals surface area contributed by atoms with Gasteiger partial charge < -0.3 is 9.47 Å². The maximum Gasteiger partial charge on any atom is 0.344 e. The first-order valence-corrected chi connectivity index (χ1v) is 10.6. The first kappa shape index (κ1) is 20.0. The molecule has 0 heterocycles. The second kappa shape index (κ2) is 9.45. The van der Waals surface area contributed by atoms with Crippen LogP contribution in [0, 0.1) is 0 Å². The molecule has 0 radical (unpaired) electrons. The maximum absolute atomic E-state index is 12.2. The molecule has 0 aromatic heterocycles. The van der Waals surface area contributed by atoms with E-state index < -0.39 is 0 Å². The SMILES string of the molecule is CCCCCOC(=O)COc1ccc2ccccc2c1-c1cccc2ccccc12. The molecule has 4 aromatic carbocycles. The average molecular weight is 399 g/mol. The van der Waals surface area contributed by atoms with Crippen LogP contribution < -0.4 is 4.74 Å². The Morgan fingerprint density at radius 1 is 0.767 bits per heavy atom. The van der Waals surface area contributed by atoms with Gasteiger partial charge in [-0.1, -0.05) is 92.6 Å². The highest BCUT2D eigenvalue weighted by Crippen LogP contribution is 2.40. The van der Waals surface area contributed by atoms with Gasteiger partial charge in [-0.3, -0.25) is 0 Å². The van der Waals surface area contributed by atoms with E-state index in [4.69, 9.17) is 9.47 Å². The van der Waals surface area contributed by atoms with E-state index in [1.54, 1.807) is 0 Å². The summed E-state index contributed by atoms with van der Waals surface area (Å²) >= 11 is 0. The number of esters is 1. The molecule has 0 fully saturated rings. The largest absolute Gasteiger partial charge is 0.481 e. The highest BCUT2D eigenvalue weighted by Gasteiger charge is 2.15. The Kier molecular flexibility index (Phi) is 6.29. The van der Waals surface area contributed by atoms with Crippen molar-refractivity contribution < 1.29 is 14.3 Å². The molecule has 4 rings (SSSR count). The maximum atomic E-state index is 12.2. The molecule has 4 aromatic rings. The third-order valence-electron chi connectivity index (χ3n) is 5.31. The second-order valence-corrected chi connectivity index (χ2v) is 7.40. The smallest absolute Gasteiger partial charge is 0.344 e. The Labute approximate surface area is 177 Å². The van der Waals surface area contributed by atoms with Gasteiger partial charge in [0.05, 0.1) is 6.61 Å².